The van der Waals surface area contributed by atoms with Gasteiger partial charge in [-0.1, -0.05) is 24.3 Å². The van der Waals surface area contributed by atoms with Crippen LogP contribution in [0.5, 0.6) is 0 Å². The van der Waals surface area contributed by atoms with Crippen molar-refractivity contribution in [2.45, 2.75) is 13.0 Å². The van der Waals surface area contributed by atoms with Crippen molar-refractivity contribution >= 4 is 36.0 Å². The van der Waals surface area contributed by atoms with Gasteiger partial charge in [-0.25, -0.2) is 0 Å². The summed E-state index contributed by atoms with van der Waals surface area (Å²) in [6.07, 6.45) is -0.309. The molecule has 0 bridgehead atoms. The number of rotatable bonds is 6. The Bertz CT molecular complexity index is 1010. The normalized spacial score (nSPS) is 12.5. The quantitative estimate of drug-likeness (QED) is 0.391. The maximum atomic E-state index is 12.6. The number of nitrogens with two attached hydrogens (primary N) is 1. The lowest BCUT2D eigenvalue weighted by Gasteiger charge is -2.17. The Morgan fingerprint density at radius 3 is 2.46 bits per heavy atom. The van der Waals surface area contributed by atoms with E-state index in [1.807, 2.05) is 36.6 Å². The van der Waals surface area contributed by atoms with Crippen LogP contribution in [0.2, 0.25) is 0 Å². The Labute approximate surface area is 169 Å². The van der Waals surface area contributed by atoms with Crippen molar-refractivity contribution in [3.63, 3.8) is 0 Å². The molecule has 7 heteroatoms. The molecule has 0 aliphatic rings. The van der Waals surface area contributed by atoms with Crippen LogP contribution in [0.25, 0.3) is 10.4 Å². The Hall–Kier alpha value is -2.40. The van der Waals surface area contributed by atoms with Crippen molar-refractivity contribution in [1.82, 2.24) is 0 Å². The second-order valence-electron chi connectivity index (χ2n) is 6.86. The van der Waals surface area contributed by atoms with Gasteiger partial charge in [-0.15, -0.1) is 11.3 Å². The summed E-state index contributed by atoms with van der Waals surface area (Å²) in [7, 11) is -2.59. The van der Waals surface area contributed by atoms with Crippen LogP contribution in [0, 0.1) is 0 Å². The summed E-state index contributed by atoms with van der Waals surface area (Å²) in [6.45, 7) is 5.01. The molecule has 3 aromatic rings. The van der Waals surface area contributed by atoms with Gasteiger partial charge < -0.3 is 15.6 Å². The van der Waals surface area contributed by atoms with Gasteiger partial charge in [-0.2, -0.15) is 0 Å². The molecule has 0 saturated carbocycles. The average Bonchev–Trinajstić information content (AvgIpc) is 3.17. The predicted octanol–water partition coefficient (Wildman–Crippen LogP) is 5.86. The third-order valence-electron chi connectivity index (χ3n) is 4.16. The van der Waals surface area contributed by atoms with Crippen LogP contribution in [-0.2, 0) is 9.09 Å². The first-order valence-electron chi connectivity index (χ1n) is 8.81. The summed E-state index contributed by atoms with van der Waals surface area (Å²) in [5.41, 5.74) is 9.50. The first-order valence-corrected chi connectivity index (χ1v) is 12.2. The van der Waals surface area contributed by atoms with Gasteiger partial charge in [0.1, 0.15) is 0 Å². The molecule has 28 heavy (non-hydrogen) atoms. The van der Waals surface area contributed by atoms with E-state index in [1.54, 1.807) is 55.0 Å². The van der Waals surface area contributed by atoms with E-state index in [0.29, 0.717) is 16.9 Å². The molecular formula is C21H23N2O3PS. The molecule has 3 N–H and O–H groups in total. The zero-order valence-electron chi connectivity index (χ0n) is 16.0. The lowest BCUT2D eigenvalue weighted by Crippen LogP contribution is -2.13. The van der Waals surface area contributed by atoms with Crippen molar-refractivity contribution in [3.8, 4) is 10.4 Å². The average molecular weight is 414 g/mol. The maximum absolute atomic E-state index is 12.6. The summed E-state index contributed by atoms with van der Waals surface area (Å²) in [5.74, 6) is -0.244. The number of thiophene rings is 1. The van der Waals surface area contributed by atoms with Crippen molar-refractivity contribution in [2.24, 2.45) is 0 Å². The minimum atomic E-state index is -2.59. The Kier molecular flexibility index (Phi) is 6.04. The van der Waals surface area contributed by atoms with Crippen molar-refractivity contribution in [1.29, 1.82) is 0 Å². The number of nitrogens with one attached hydrogen (secondary N) is 1. The first-order chi connectivity index (χ1) is 13.2. The highest BCUT2D eigenvalue weighted by molar-refractivity contribution is 7.57. The molecule has 0 aliphatic heterocycles. The van der Waals surface area contributed by atoms with E-state index < -0.39 is 7.37 Å². The van der Waals surface area contributed by atoms with E-state index in [4.69, 9.17) is 10.3 Å². The number of amides is 1. The molecule has 0 spiro atoms. The smallest absolute Gasteiger partial charge is 0.255 e. The second-order valence-corrected chi connectivity index (χ2v) is 10.5. The molecule has 0 radical (unpaired) electrons. The topological polar surface area (TPSA) is 81.4 Å². The van der Waals surface area contributed by atoms with E-state index in [2.05, 4.69) is 5.32 Å². The molecule has 1 atom stereocenters. The van der Waals surface area contributed by atoms with Crippen molar-refractivity contribution < 1.29 is 13.9 Å². The Morgan fingerprint density at radius 2 is 1.86 bits per heavy atom. The fourth-order valence-electron chi connectivity index (χ4n) is 2.80. The number of carbonyl (C=O) groups is 1. The van der Waals surface area contributed by atoms with Crippen LogP contribution in [0.15, 0.2) is 60.0 Å². The zero-order valence-corrected chi connectivity index (χ0v) is 17.7. The van der Waals surface area contributed by atoms with Gasteiger partial charge in [0.25, 0.3) is 5.91 Å². The SMILES string of the molecule is CC(OP(C)(C)=O)c1ccc(C(=O)Nc2cc(-c3cccs3)ccc2N)cc1. The van der Waals surface area contributed by atoms with E-state index >= 15 is 0 Å². The van der Waals surface area contributed by atoms with Crippen molar-refractivity contribution in [2.75, 3.05) is 24.4 Å². The van der Waals surface area contributed by atoms with Gasteiger partial charge in [0, 0.05) is 23.8 Å². The third-order valence-corrected chi connectivity index (χ3v) is 5.90. The summed E-state index contributed by atoms with van der Waals surface area (Å²) in [6, 6.07) is 16.7. The third kappa shape index (κ3) is 5.10. The number of anilines is 2. The monoisotopic (exact) mass is 414 g/mol. The van der Waals surface area contributed by atoms with Crippen LogP contribution in [0.3, 0.4) is 0 Å². The van der Waals surface area contributed by atoms with Gasteiger partial charge >= 0.3 is 0 Å². The highest BCUT2D eigenvalue weighted by Gasteiger charge is 2.16. The number of benzene rings is 2. The van der Waals surface area contributed by atoms with Crippen LogP contribution < -0.4 is 11.1 Å². The summed E-state index contributed by atoms with van der Waals surface area (Å²) in [4.78, 5) is 13.7. The van der Waals surface area contributed by atoms with E-state index in [1.165, 1.54) is 0 Å². The molecule has 0 saturated heterocycles. The highest BCUT2D eigenvalue weighted by Crippen LogP contribution is 2.43. The molecule has 146 valence electrons. The summed E-state index contributed by atoms with van der Waals surface area (Å²) in [5, 5.41) is 4.89. The van der Waals surface area contributed by atoms with Gasteiger partial charge in [-0.05, 0) is 53.8 Å². The molecule has 1 unspecified atom stereocenters. The summed E-state index contributed by atoms with van der Waals surface area (Å²) < 4.78 is 17.3. The largest absolute Gasteiger partial charge is 0.397 e. The van der Waals surface area contributed by atoms with Crippen LogP contribution >= 0.6 is 18.7 Å². The maximum Gasteiger partial charge on any atom is 0.255 e. The van der Waals surface area contributed by atoms with Gasteiger partial charge in [0.15, 0.2) is 7.37 Å². The van der Waals surface area contributed by atoms with Crippen LogP contribution in [0.1, 0.15) is 28.9 Å². The molecule has 0 fully saturated rings. The number of hydrogen-bond donors (Lipinski definition) is 2. The lowest BCUT2D eigenvalue weighted by atomic mass is 10.1. The fraction of sp³-hybridized carbons (Fsp3) is 0.190. The minimum absolute atomic E-state index is 0.244. The first kappa shape index (κ1) is 20.3. The second kappa shape index (κ2) is 8.31. The number of carbonyl (C=O) groups excluding carboxylic acids is 1. The molecule has 0 aliphatic carbocycles. The number of hydrogen-bond acceptors (Lipinski definition) is 5. The van der Waals surface area contributed by atoms with Gasteiger partial charge in [-0.3, -0.25) is 9.36 Å². The van der Waals surface area contributed by atoms with Gasteiger partial charge in [0.05, 0.1) is 17.5 Å². The fourth-order valence-corrected chi connectivity index (χ4v) is 4.41. The highest BCUT2D eigenvalue weighted by atomic mass is 32.1. The van der Waals surface area contributed by atoms with Crippen LogP contribution in [0.4, 0.5) is 11.4 Å². The van der Waals surface area contributed by atoms with E-state index in [0.717, 1.165) is 16.0 Å². The summed E-state index contributed by atoms with van der Waals surface area (Å²) >= 11 is 1.63. The van der Waals surface area contributed by atoms with Crippen LogP contribution in [-0.4, -0.2) is 19.2 Å². The number of nitrogen functional groups attached to an aromatic ring is 1. The van der Waals surface area contributed by atoms with E-state index in [9.17, 15) is 9.36 Å². The standard InChI is InChI=1S/C21H23N2O3PS/c1-14(26-27(2,3)25)15-6-8-16(9-7-15)21(24)23-19-13-17(10-11-18(19)22)20-5-4-12-28-20/h4-14H,22H2,1-3H3,(H,23,24). The van der Waals surface area contributed by atoms with E-state index in [-0.39, 0.29) is 12.0 Å². The minimum Gasteiger partial charge on any atom is -0.397 e. The zero-order chi connectivity index (χ0) is 20.3. The van der Waals surface area contributed by atoms with Gasteiger partial charge in [0.2, 0.25) is 0 Å². The lowest BCUT2D eigenvalue weighted by molar-refractivity contribution is 0.102. The van der Waals surface area contributed by atoms with Crippen molar-refractivity contribution in [3.05, 3.63) is 71.1 Å². The molecule has 2 aromatic carbocycles. The molecule has 1 amide bonds. The Balaban J connectivity index is 1.75. The molecule has 1 heterocycles. The molecule has 3 rings (SSSR count). The molecule has 5 nitrogen and oxygen atoms in total. The predicted molar refractivity (Wildman–Crippen MR) is 118 cm³/mol. The Morgan fingerprint density at radius 1 is 1.14 bits per heavy atom. The molecule has 1 aromatic heterocycles. The molecular weight excluding hydrogens is 391 g/mol.